The van der Waals surface area contributed by atoms with Crippen molar-refractivity contribution in [3.05, 3.63) is 96.6 Å². The molecule has 0 atom stereocenters. The number of aromatic nitrogens is 3. The summed E-state index contributed by atoms with van der Waals surface area (Å²) in [5, 5.41) is 2.93. The third-order valence-electron chi connectivity index (χ3n) is 4.74. The Morgan fingerprint density at radius 3 is 2.45 bits per heavy atom. The first kappa shape index (κ1) is 20.3. The molecule has 0 saturated carbocycles. The van der Waals surface area contributed by atoms with Crippen LogP contribution in [-0.2, 0) is 11.2 Å². The van der Waals surface area contributed by atoms with Gasteiger partial charge >= 0.3 is 0 Å². The van der Waals surface area contributed by atoms with Gasteiger partial charge in [0.25, 0.3) is 0 Å². The van der Waals surface area contributed by atoms with Gasteiger partial charge in [-0.1, -0.05) is 30.3 Å². The molecule has 1 N–H and O–H groups in total. The molecule has 1 amide bonds. The van der Waals surface area contributed by atoms with E-state index in [1.807, 2.05) is 78.5 Å². The van der Waals surface area contributed by atoms with E-state index >= 15 is 0 Å². The van der Waals surface area contributed by atoms with Crippen molar-refractivity contribution in [2.24, 2.45) is 0 Å². The van der Waals surface area contributed by atoms with Crippen LogP contribution in [0.25, 0.3) is 5.82 Å². The Balaban J connectivity index is 1.32. The molecule has 6 heteroatoms. The smallest absolute Gasteiger partial charge is 0.224 e. The topological polar surface area (TPSA) is 69.0 Å². The summed E-state index contributed by atoms with van der Waals surface area (Å²) in [6.07, 6.45) is 6.03. The predicted octanol–water partition coefficient (Wildman–Crippen LogP) is 5.33. The minimum atomic E-state index is 0.00684. The fourth-order valence-corrected chi connectivity index (χ4v) is 3.25. The van der Waals surface area contributed by atoms with E-state index in [0.29, 0.717) is 23.9 Å². The van der Waals surface area contributed by atoms with Crippen molar-refractivity contribution in [1.29, 1.82) is 0 Å². The number of amides is 1. The molecule has 4 rings (SSSR count). The van der Waals surface area contributed by atoms with E-state index in [2.05, 4.69) is 27.4 Å². The van der Waals surface area contributed by atoms with Crippen LogP contribution < -0.4 is 10.1 Å². The second-order valence-electron chi connectivity index (χ2n) is 7.22. The highest BCUT2D eigenvalue weighted by atomic mass is 16.5. The second-order valence-corrected chi connectivity index (χ2v) is 7.22. The Morgan fingerprint density at radius 1 is 0.968 bits per heavy atom. The summed E-state index contributed by atoms with van der Waals surface area (Å²) in [6.45, 7) is 1.83. The van der Waals surface area contributed by atoms with Gasteiger partial charge in [-0.25, -0.2) is 4.98 Å². The van der Waals surface area contributed by atoms with Crippen molar-refractivity contribution in [3.8, 4) is 17.4 Å². The number of rotatable bonds is 8. The SMILES string of the molecule is Cc1nc(Oc2ccc(NC(=O)CCCc3ccccc3)cc2)cc(-n2cccc2)n1. The first-order valence-corrected chi connectivity index (χ1v) is 10.3. The first-order valence-electron chi connectivity index (χ1n) is 10.3. The Labute approximate surface area is 181 Å². The van der Waals surface area contributed by atoms with Gasteiger partial charge in [0.2, 0.25) is 11.8 Å². The average Bonchev–Trinajstić information content (AvgIpc) is 3.31. The van der Waals surface area contributed by atoms with E-state index in [9.17, 15) is 4.79 Å². The van der Waals surface area contributed by atoms with Gasteiger partial charge in [-0.15, -0.1) is 0 Å². The van der Waals surface area contributed by atoms with Gasteiger partial charge in [-0.05, 0) is 61.7 Å². The molecule has 0 radical (unpaired) electrons. The minimum Gasteiger partial charge on any atom is -0.439 e. The van der Waals surface area contributed by atoms with E-state index in [-0.39, 0.29) is 5.91 Å². The van der Waals surface area contributed by atoms with Crippen molar-refractivity contribution >= 4 is 11.6 Å². The van der Waals surface area contributed by atoms with Crippen molar-refractivity contribution in [1.82, 2.24) is 14.5 Å². The Kier molecular flexibility index (Phi) is 6.38. The Bertz CT molecular complexity index is 1120. The number of hydrogen-bond acceptors (Lipinski definition) is 4. The molecule has 0 aliphatic carbocycles. The number of nitrogens with one attached hydrogen (secondary N) is 1. The number of nitrogens with zero attached hydrogens (tertiary/aromatic N) is 3. The molecule has 0 spiro atoms. The summed E-state index contributed by atoms with van der Waals surface area (Å²) in [5.41, 5.74) is 1.99. The largest absolute Gasteiger partial charge is 0.439 e. The quantitative estimate of drug-likeness (QED) is 0.425. The first-order chi connectivity index (χ1) is 15.2. The summed E-state index contributed by atoms with van der Waals surface area (Å²) in [7, 11) is 0. The van der Waals surface area contributed by atoms with Gasteiger partial charge in [-0.3, -0.25) is 4.79 Å². The van der Waals surface area contributed by atoms with Crippen molar-refractivity contribution in [2.45, 2.75) is 26.2 Å². The highest BCUT2D eigenvalue weighted by molar-refractivity contribution is 5.90. The number of anilines is 1. The standard InChI is InChI=1S/C25H24N4O2/c1-19-26-23(29-16-5-6-17-29)18-25(27-19)31-22-14-12-21(13-15-22)28-24(30)11-7-10-20-8-3-2-4-9-20/h2-6,8-9,12-18H,7,10-11H2,1H3,(H,28,30). The molecule has 156 valence electrons. The third kappa shape index (κ3) is 5.79. The molecule has 31 heavy (non-hydrogen) atoms. The monoisotopic (exact) mass is 412 g/mol. The second kappa shape index (κ2) is 9.71. The highest BCUT2D eigenvalue weighted by Crippen LogP contribution is 2.23. The van der Waals surface area contributed by atoms with Crippen LogP contribution in [0, 0.1) is 6.92 Å². The van der Waals surface area contributed by atoms with Gasteiger partial charge < -0.3 is 14.6 Å². The van der Waals surface area contributed by atoms with E-state index in [1.54, 1.807) is 6.07 Å². The van der Waals surface area contributed by atoms with E-state index in [0.717, 1.165) is 24.3 Å². The fraction of sp³-hybridized carbons (Fsp3) is 0.160. The maximum absolute atomic E-state index is 12.2. The lowest BCUT2D eigenvalue weighted by atomic mass is 10.1. The number of hydrogen-bond donors (Lipinski definition) is 1. The summed E-state index contributed by atoms with van der Waals surface area (Å²) in [4.78, 5) is 21.0. The van der Waals surface area contributed by atoms with Gasteiger partial charge in [0.05, 0.1) is 0 Å². The number of benzene rings is 2. The minimum absolute atomic E-state index is 0.00684. The number of aryl methyl sites for hydroxylation is 2. The number of carbonyl (C=O) groups excluding carboxylic acids is 1. The molecule has 0 aliphatic rings. The van der Waals surface area contributed by atoms with Crippen molar-refractivity contribution in [3.63, 3.8) is 0 Å². The molecular weight excluding hydrogens is 388 g/mol. The molecule has 2 aromatic carbocycles. The maximum atomic E-state index is 12.2. The molecule has 0 fully saturated rings. The van der Waals surface area contributed by atoms with Gasteiger partial charge in [0.15, 0.2) is 0 Å². The molecule has 0 saturated heterocycles. The predicted molar refractivity (Wildman–Crippen MR) is 121 cm³/mol. The third-order valence-corrected chi connectivity index (χ3v) is 4.74. The molecule has 2 aromatic heterocycles. The molecular formula is C25H24N4O2. The van der Waals surface area contributed by atoms with Crippen molar-refractivity contribution < 1.29 is 9.53 Å². The summed E-state index contributed by atoms with van der Waals surface area (Å²) in [5.74, 6) is 2.48. The van der Waals surface area contributed by atoms with Crippen LogP contribution in [0.2, 0.25) is 0 Å². The molecule has 0 bridgehead atoms. The summed E-state index contributed by atoms with van der Waals surface area (Å²) >= 11 is 0. The number of ether oxygens (including phenoxy) is 1. The van der Waals surface area contributed by atoms with Crippen LogP contribution in [0.1, 0.15) is 24.2 Å². The highest BCUT2D eigenvalue weighted by Gasteiger charge is 2.07. The van der Waals surface area contributed by atoms with E-state index in [4.69, 9.17) is 4.74 Å². The maximum Gasteiger partial charge on any atom is 0.224 e. The van der Waals surface area contributed by atoms with Crippen molar-refractivity contribution in [2.75, 3.05) is 5.32 Å². The Hall–Kier alpha value is -3.93. The Morgan fingerprint density at radius 2 is 1.71 bits per heavy atom. The van der Waals surface area contributed by atoms with E-state index in [1.165, 1.54) is 5.56 Å². The summed E-state index contributed by atoms with van der Waals surface area (Å²) in [6, 6.07) is 23.1. The normalized spacial score (nSPS) is 10.6. The van der Waals surface area contributed by atoms with E-state index < -0.39 is 0 Å². The number of carbonyl (C=O) groups is 1. The zero-order chi connectivity index (χ0) is 21.5. The molecule has 6 nitrogen and oxygen atoms in total. The van der Waals surface area contributed by atoms with Crippen LogP contribution in [0.5, 0.6) is 11.6 Å². The summed E-state index contributed by atoms with van der Waals surface area (Å²) < 4.78 is 7.80. The lowest BCUT2D eigenvalue weighted by Crippen LogP contribution is -2.11. The zero-order valence-electron chi connectivity index (χ0n) is 17.4. The van der Waals surface area contributed by atoms with Gasteiger partial charge in [-0.2, -0.15) is 4.98 Å². The van der Waals surface area contributed by atoms with Gasteiger partial charge in [0.1, 0.15) is 17.4 Å². The molecule has 2 heterocycles. The van der Waals surface area contributed by atoms with Crippen LogP contribution in [-0.4, -0.2) is 20.4 Å². The van der Waals surface area contributed by atoms with Crippen LogP contribution in [0.3, 0.4) is 0 Å². The zero-order valence-corrected chi connectivity index (χ0v) is 17.4. The molecule has 0 aliphatic heterocycles. The molecule has 0 unspecified atom stereocenters. The van der Waals surface area contributed by atoms with Gasteiger partial charge in [0, 0.05) is 30.6 Å². The average molecular weight is 412 g/mol. The molecule has 4 aromatic rings. The van der Waals surface area contributed by atoms with Crippen LogP contribution >= 0.6 is 0 Å². The lowest BCUT2D eigenvalue weighted by Gasteiger charge is -2.10. The van der Waals surface area contributed by atoms with Crippen LogP contribution in [0.4, 0.5) is 5.69 Å². The fourth-order valence-electron chi connectivity index (χ4n) is 3.25. The van der Waals surface area contributed by atoms with Crippen LogP contribution in [0.15, 0.2) is 85.2 Å². The lowest BCUT2D eigenvalue weighted by molar-refractivity contribution is -0.116.